The predicted molar refractivity (Wildman–Crippen MR) is 61.0 cm³/mol. The molecule has 1 aromatic heterocycles. The SMILES string of the molecule is CC(CNS(=O)(=O)c1cnn(C)c1)C(N)=NO. The first-order chi connectivity index (χ1) is 7.86. The van der Waals surface area contributed by atoms with Crippen molar-refractivity contribution < 1.29 is 13.6 Å². The smallest absolute Gasteiger partial charge is 0.243 e. The summed E-state index contributed by atoms with van der Waals surface area (Å²) in [7, 11) is -1.98. The Morgan fingerprint density at radius 1 is 1.76 bits per heavy atom. The summed E-state index contributed by atoms with van der Waals surface area (Å²) in [6, 6.07) is 0. The fraction of sp³-hybridized carbons (Fsp3) is 0.500. The molecule has 0 fully saturated rings. The van der Waals surface area contributed by atoms with Crippen LogP contribution in [0.5, 0.6) is 0 Å². The predicted octanol–water partition coefficient (Wildman–Crippen LogP) is -0.919. The highest BCUT2D eigenvalue weighted by molar-refractivity contribution is 7.89. The third kappa shape index (κ3) is 3.43. The lowest BCUT2D eigenvalue weighted by atomic mass is 10.2. The summed E-state index contributed by atoms with van der Waals surface area (Å²) in [5.74, 6) is -0.426. The summed E-state index contributed by atoms with van der Waals surface area (Å²) >= 11 is 0. The van der Waals surface area contributed by atoms with Gasteiger partial charge in [-0.2, -0.15) is 5.10 Å². The van der Waals surface area contributed by atoms with Crippen molar-refractivity contribution in [2.45, 2.75) is 11.8 Å². The van der Waals surface area contributed by atoms with Gasteiger partial charge >= 0.3 is 0 Å². The number of hydrogen-bond acceptors (Lipinski definition) is 5. The van der Waals surface area contributed by atoms with E-state index in [1.807, 2.05) is 0 Å². The van der Waals surface area contributed by atoms with Gasteiger partial charge in [0, 0.05) is 25.7 Å². The van der Waals surface area contributed by atoms with Gasteiger partial charge in [0.05, 0.1) is 6.20 Å². The van der Waals surface area contributed by atoms with E-state index in [0.29, 0.717) is 0 Å². The molecule has 1 unspecified atom stereocenters. The van der Waals surface area contributed by atoms with Crippen LogP contribution < -0.4 is 10.5 Å². The molecule has 17 heavy (non-hydrogen) atoms. The molecule has 1 atom stereocenters. The van der Waals surface area contributed by atoms with Crippen LogP contribution in [-0.4, -0.2) is 35.8 Å². The van der Waals surface area contributed by atoms with Crippen LogP contribution in [0.3, 0.4) is 0 Å². The quantitative estimate of drug-likeness (QED) is 0.274. The molecule has 0 aliphatic rings. The molecule has 0 radical (unpaired) electrons. The monoisotopic (exact) mass is 261 g/mol. The molecule has 0 amide bonds. The van der Waals surface area contributed by atoms with Crippen molar-refractivity contribution in [3.63, 3.8) is 0 Å². The second kappa shape index (κ2) is 5.15. The van der Waals surface area contributed by atoms with Gasteiger partial charge in [-0.15, -0.1) is 0 Å². The second-order valence-electron chi connectivity index (χ2n) is 3.63. The van der Waals surface area contributed by atoms with Gasteiger partial charge in [-0.05, 0) is 0 Å². The average Bonchev–Trinajstić information content (AvgIpc) is 2.72. The lowest BCUT2D eigenvalue weighted by Gasteiger charge is -2.10. The summed E-state index contributed by atoms with van der Waals surface area (Å²) in [6.45, 7) is 1.69. The first kappa shape index (κ1) is 13.5. The van der Waals surface area contributed by atoms with Crippen molar-refractivity contribution in [2.24, 2.45) is 23.9 Å². The van der Waals surface area contributed by atoms with Crippen LogP contribution in [0.1, 0.15) is 6.92 Å². The number of aryl methyl sites for hydroxylation is 1. The molecule has 0 spiro atoms. The molecule has 0 aliphatic heterocycles. The minimum atomic E-state index is -3.60. The number of nitrogens with two attached hydrogens (primary N) is 1. The van der Waals surface area contributed by atoms with Crippen molar-refractivity contribution in [3.05, 3.63) is 12.4 Å². The van der Waals surface area contributed by atoms with E-state index in [1.54, 1.807) is 14.0 Å². The summed E-state index contributed by atoms with van der Waals surface area (Å²) in [4.78, 5) is 0.0757. The number of nitrogens with zero attached hydrogens (tertiary/aromatic N) is 3. The fourth-order valence-corrected chi connectivity index (χ4v) is 2.17. The first-order valence-corrected chi connectivity index (χ1v) is 6.31. The number of oxime groups is 1. The molecule has 0 aliphatic carbocycles. The van der Waals surface area contributed by atoms with Crippen molar-refractivity contribution >= 4 is 15.9 Å². The van der Waals surface area contributed by atoms with E-state index in [1.165, 1.54) is 17.1 Å². The van der Waals surface area contributed by atoms with Crippen molar-refractivity contribution in [1.29, 1.82) is 0 Å². The van der Waals surface area contributed by atoms with Gasteiger partial charge in [0.25, 0.3) is 0 Å². The Kier molecular flexibility index (Phi) is 4.07. The van der Waals surface area contributed by atoms with Gasteiger partial charge in [-0.25, -0.2) is 13.1 Å². The number of sulfonamides is 1. The van der Waals surface area contributed by atoms with Crippen LogP contribution in [0.2, 0.25) is 0 Å². The van der Waals surface area contributed by atoms with Gasteiger partial charge in [0.1, 0.15) is 10.7 Å². The van der Waals surface area contributed by atoms with Crippen molar-refractivity contribution in [3.8, 4) is 0 Å². The van der Waals surface area contributed by atoms with Gasteiger partial charge in [-0.3, -0.25) is 4.68 Å². The minimum Gasteiger partial charge on any atom is -0.409 e. The minimum absolute atomic E-state index is 0.0288. The Labute approximate surface area is 99.2 Å². The first-order valence-electron chi connectivity index (χ1n) is 4.82. The standard InChI is InChI=1S/C8H15N5O3S/c1-6(8(9)12-14)3-11-17(15,16)7-4-10-13(2)5-7/h4-6,11,14H,3H2,1-2H3,(H2,9,12). The molecule has 96 valence electrons. The maximum Gasteiger partial charge on any atom is 0.243 e. The third-order valence-electron chi connectivity index (χ3n) is 2.19. The van der Waals surface area contributed by atoms with Gasteiger partial charge in [0.2, 0.25) is 10.0 Å². The summed E-state index contributed by atoms with van der Waals surface area (Å²) in [5, 5.41) is 15.0. The molecule has 4 N–H and O–H groups in total. The lowest BCUT2D eigenvalue weighted by Crippen LogP contribution is -2.34. The number of aromatic nitrogens is 2. The largest absolute Gasteiger partial charge is 0.409 e. The zero-order valence-electron chi connectivity index (χ0n) is 9.53. The zero-order valence-corrected chi connectivity index (χ0v) is 10.3. The van der Waals surface area contributed by atoms with Crippen LogP contribution in [-0.2, 0) is 17.1 Å². The molecule has 0 saturated heterocycles. The number of rotatable bonds is 5. The van der Waals surface area contributed by atoms with E-state index < -0.39 is 15.9 Å². The maximum atomic E-state index is 11.8. The summed E-state index contributed by atoms with van der Waals surface area (Å²) in [6.07, 6.45) is 2.63. The lowest BCUT2D eigenvalue weighted by molar-refractivity contribution is 0.314. The molecule has 1 heterocycles. The highest BCUT2D eigenvalue weighted by atomic mass is 32.2. The van der Waals surface area contributed by atoms with Crippen LogP contribution in [0.15, 0.2) is 22.4 Å². The molecule has 9 heteroatoms. The Morgan fingerprint density at radius 3 is 2.88 bits per heavy atom. The maximum absolute atomic E-state index is 11.8. The highest BCUT2D eigenvalue weighted by Gasteiger charge is 2.18. The molecular formula is C8H15N5O3S. The number of hydrogen-bond donors (Lipinski definition) is 3. The van der Waals surface area contributed by atoms with E-state index in [-0.39, 0.29) is 17.3 Å². The Balaban J connectivity index is 2.69. The average molecular weight is 261 g/mol. The number of amidine groups is 1. The van der Waals surface area contributed by atoms with Gasteiger partial charge < -0.3 is 10.9 Å². The van der Waals surface area contributed by atoms with Crippen LogP contribution in [0.25, 0.3) is 0 Å². The molecule has 1 rings (SSSR count). The Hall–Kier alpha value is -1.61. The fourth-order valence-electron chi connectivity index (χ4n) is 1.06. The summed E-state index contributed by atoms with van der Waals surface area (Å²) in [5.41, 5.74) is 5.34. The normalized spacial score (nSPS) is 14.8. The van der Waals surface area contributed by atoms with Crippen LogP contribution >= 0.6 is 0 Å². The van der Waals surface area contributed by atoms with E-state index in [2.05, 4.69) is 15.0 Å². The molecular weight excluding hydrogens is 246 g/mol. The van der Waals surface area contributed by atoms with E-state index in [0.717, 1.165) is 0 Å². The second-order valence-corrected chi connectivity index (χ2v) is 5.39. The third-order valence-corrected chi connectivity index (χ3v) is 3.57. The van der Waals surface area contributed by atoms with E-state index in [9.17, 15) is 8.42 Å². The molecule has 0 bridgehead atoms. The zero-order chi connectivity index (χ0) is 13.1. The van der Waals surface area contributed by atoms with E-state index in [4.69, 9.17) is 10.9 Å². The summed E-state index contributed by atoms with van der Waals surface area (Å²) < 4.78 is 27.2. The molecule has 1 aromatic rings. The van der Waals surface area contributed by atoms with Crippen LogP contribution in [0, 0.1) is 5.92 Å². The Morgan fingerprint density at radius 2 is 2.41 bits per heavy atom. The topological polar surface area (TPSA) is 123 Å². The molecule has 0 saturated carbocycles. The molecule has 8 nitrogen and oxygen atoms in total. The van der Waals surface area contributed by atoms with E-state index >= 15 is 0 Å². The Bertz CT molecular complexity index is 507. The van der Waals surface area contributed by atoms with Gasteiger partial charge in [0.15, 0.2) is 0 Å². The van der Waals surface area contributed by atoms with Crippen LogP contribution in [0.4, 0.5) is 0 Å². The molecule has 0 aromatic carbocycles. The van der Waals surface area contributed by atoms with Gasteiger partial charge in [-0.1, -0.05) is 12.1 Å². The van der Waals surface area contributed by atoms with Crippen molar-refractivity contribution in [2.75, 3.05) is 6.54 Å². The number of nitrogens with one attached hydrogen (secondary N) is 1. The van der Waals surface area contributed by atoms with Crippen molar-refractivity contribution in [1.82, 2.24) is 14.5 Å². The highest BCUT2D eigenvalue weighted by Crippen LogP contribution is 2.06.